The van der Waals surface area contributed by atoms with Gasteiger partial charge in [0, 0.05) is 18.2 Å². The van der Waals surface area contributed by atoms with Gasteiger partial charge in [-0.25, -0.2) is 13.2 Å². The molecule has 2 saturated heterocycles. The third kappa shape index (κ3) is 3.64. The van der Waals surface area contributed by atoms with Crippen LogP contribution in [0.3, 0.4) is 0 Å². The molecule has 2 aliphatic rings. The third-order valence-electron chi connectivity index (χ3n) is 3.52. The van der Waals surface area contributed by atoms with Gasteiger partial charge in [0.2, 0.25) is 5.91 Å². The second kappa shape index (κ2) is 5.90. The molecule has 0 spiro atoms. The summed E-state index contributed by atoms with van der Waals surface area (Å²) in [5, 5.41) is 18.4. The number of aliphatic hydroxyl groups is 1. The summed E-state index contributed by atoms with van der Waals surface area (Å²) in [4.78, 5) is 24.2. The molecule has 114 valence electrons. The molecule has 0 bridgehead atoms. The summed E-state index contributed by atoms with van der Waals surface area (Å²) in [5.74, 6) is -1.20. The lowest BCUT2D eigenvalue weighted by Gasteiger charge is -2.21. The Morgan fingerprint density at radius 3 is 2.60 bits per heavy atom. The van der Waals surface area contributed by atoms with E-state index in [0.29, 0.717) is 6.42 Å². The predicted octanol–water partition coefficient (Wildman–Crippen LogP) is -1.05. The third-order valence-corrected chi connectivity index (χ3v) is 6.78. The van der Waals surface area contributed by atoms with Gasteiger partial charge >= 0.3 is 5.97 Å². The van der Waals surface area contributed by atoms with E-state index in [4.69, 9.17) is 5.11 Å². The molecule has 2 rings (SSSR count). The van der Waals surface area contributed by atoms with Crippen molar-refractivity contribution in [2.45, 2.75) is 30.2 Å². The minimum atomic E-state index is -2.98. The summed E-state index contributed by atoms with van der Waals surface area (Å²) in [5.41, 5.74) is 0. The summed E-state index contributed by atoms with van der Waals surface area (Å²) >= 11 is 1.25. The van der Waals surface area contributed by atoms with E-state index in [1.54, 1.807) is 0 Å². The lowest BCUT2D eigenvalue weighted by molar-refractivity contribution is -0.147. The molecule has 2 N–H and O–H groups in total. The zero-order chi connectivity index (χ0) is 14.9. The molecule has 2 heterocycles. The molecule has 0 aliphatic carbocycles. The lowest BCUT2D eigenvalue weighted by atomic mass is 10.2. The fourth-order valence-electron chi connectivity index (χ4n) is 2.49. The maximum atomic E-state index is 12.0. The molecule has 0 aromatic carbocycles. The van der Waals surface area contributed by atoms with Crippen molar-refractivity contribution in [2.75, 3.05) is 23.8 Å². The van der Waals surface area contributed by atoms with Crippen LogP contribution in [0.15, 0.2) is 0 Å². The van der Waals surface area contributed by atoms with Crippen LogP contribution in [0.4, 0.5) is 0 Å². The summed E-state index contributed by atoms with van der Waals surface area (Å²) < 4.78 is 22.6. The van der Waals surface area contributed by atoms with Crippen molar-refractivity contribution in [3.63, 3.8) is 0 Å². The van der Waals surface area contributed by atoms with Crippen LogP contribution in [0.2, 0.25) is 0 Å². The molecule has 0 aromatic rings. The average molecular weight is 323 g/mol. The van der Waals surface area contributed by atoms with Crippen LogP contribution >= 0.6 is 11.8 Å². The predicted molar refractivity (Wildman–Crippen MR) is 73.3 cm³/mol. The van der Waals surface area contributed by atoms with Crippen molar-refractivity contribution in [3.8, 4) is 0 Å². The smallest absolute Gasteiger partial charge is 0.326 e. The normalized spacial score (nSPS) is 32.5. The Morgan fingerprint density at radius 1 is 1.35 bits per heavy atom. The first kappa shape index (κ1) is 15.6. The minimum Gasteiger partial charge on any atom is -0.480 e. The molecule has 7 nitrogen and oxygen atoms in total. The summed E-state index contributed by atoms with van der Waals surface area (Å²) in [7, 11) is -2.98. The van der Waals surface area contributed by atoms with E-state index in [1.165, 1.54) is 16.7 Å². The van der Waals surface area contributed by atoms with Crippen molar-refractivity contribution in [1.29, 1.82) is 0 Å². The number of hydrogen-bond donors (Lipinski definition) is 2. The topological polar surface area (TPSA) is 112 Å². The highest BCUT2D eigenvalue weighted by Gasteiger charge is 2.39. The first-order chi connectivity index (χ1) is 9.28. The molecular weight excluding hydrogens is 306 g/mol. The number of rotatable bonds is 4. The van der Waals surface area contributed by atoms with Gasteiger partial charge < -0.3 is 15.1 Å². The Morgan fingerprint density at radius 2 is 2.05 bits per heavy atom. The number of carboxylic acid groups (broad SMARTS) is 1. The number of aliphatic hydroxyl groups excluding tert-OH is 1. The molecule has 1 amide bonds. The summed E-state index contributed by atoms with van der Waals surface area (Å²) in [6, 6.07) is -0.981. The molecule has 9 heteroatoms. The van der Waals surface area contributed by atoms with E-state index in [2.05, 4.69) is 0 Å². The highest BCUT2D eigenvalue weighted by molar-refractivity contribution is 8.02. The fourth-order valence-corrected chi connectivity index (χ4v) is 6.02. The number of aliphatic carboxylic acids is 1. The van der Waals surface area contributed by atoms with E-state index in [9.17, 15) is 23.1 Å². The number of β-amino-alcohol motifs (C(OH)–C–C–N with tert-alkyl or cyclic N) is 1. The van der Waals surface area contributed by atoms with Crippen LogP contribution < -0.4 is 0 Å². The summed E-state index contributed by atoms with van der Waals surface area (Å²) in [6.45, 7) is 0.0271. The number of carbonyl (C=O) groups excluding carboxylic acids is 1. The Bertz CT molecular complexity index is 505. The largest absolute Gasteiger partial charge is 0.480 e. The van der Waals surface area contributed by atoms with Crippen molar-refractivity contribution < 1.29 is 28.2 Å². The lowest BCUT2D eigenvalue weighted by Crippen LogP contribution is -2.41. The van der Waals surface area contributed by atoms with Crippen LogP contribution in [-0.2, 0) is 19.4 Å². The highest BCUT2D eigenvalue weighted by atomic mass is 32.2. The number of likely N-dealkylation sites (tertiary alicyclic amines) is 1. The van der Waals surface area contributed by atoms with Crippen molar-refractivity contribution in [1.82, 2.24) is 4.90 Å². The molecule has 0 saturated carbocycles. The van der Waals surface area contributed by atoms with Gasteiger partial charge in [-0.2, -0.15) is 0 Å². The number of sulfone groups is 1. The van der Waals surface area contributed by atoms with E-state index in [-0.39, 0.29) is 41.4 Å². The Labute approximate surface area is 121 Å². The number of nitrogens with zero attached hydrogens (tertiary/aromatic N) is 1. The van der Waals surface area contributed by atoms with Crippen LogP contribution in [0, 0.1) is 0 Å². The minimum absolute atomic E-state index is 0.0271. The standard InChI is InChI=1S/C11H17NO6S2/c13-7-3-9(11(15)16)12(4-7)10(14)5-19-8-1-2-20(17,18)6-8/h7-9,13H,1-6H2,(H,15,16). The maximum absolute atomic E-state index is 12.0. The van der Waals surface area contributed by atoms with Crippen molar-refractivity contribution >= 4 is 33.5 Å². The number of carbonyl (C=O) groups is 2. The summed E-state index contributed by atoms with van der Waals surface area (Å²) in [6.07, 6.45) is -0.230. The van der Waals surface area contributed by atoms with E-state index < -0.39 is 28.0 Å². The Kier molecular flexibility index (Phi) is 4.60. The number of hydrogen-bond acceptors (Lipinski definition) is 6. The van der Waals surface area contributed by atoms with Crippen molar-refractivity contribution in [3.05, 3.63) is 0 Å². The molecule has 0 radical (unpaired) electrons. The fraction of sp³-hybridized carbons (Fsp3) is 0.818. The number of carboxylic acids is 1. The average Bonchev–Trinajstić information content (AvgIpc) is 2.89. The SMILES string of the molecule is O=C(O)C1CC(O)CN1C(=O)CSC1CCS(=O)(=O)C1. The monoisotopic (exact) mass is 323 g/mol. The molecule has 20 heavy (non-hydrogen) atoms. The second-order valence-corrected chi connectivity index (χ2v) is 8.64. The van der Waals surface area contributed by atoms with Gasteiger partial charge in [-0.1, -0.05) is 0 Å². The van der Waals surface area contributed by atoms with Gasteiger partial charge in [0.05, 0.1) is 23.4 Å². The molecular formula is C11H17NO6S2. The van der Waals surface area contributed by atoms with Gasteiger partial charge in [-0.3, -0.25) is 4.79 Å². The van der Waals surface area contributed by atoms with Crippen LogP contribution in [0.1, 0.15) is 12.8 Å². The molecule has 3 atom stereocenters. The quantitative estimate of drug-likeness (QED) is 0.679. The first-order valence-corrected chi connectivity index (χ1v) is 9.18. The van der Waals surface area contributed by atoms with Crippen LogP contribution in [0.5, 0.6) is 0 Å². The van der Waals surface area contributed by atoms with Crippen molar-refractivity contribution in [2.24, 2.45) is 0 Å². The number of amides is 1. The first-order valence-electron chi connectivity index (χ1n) is 6.31. The second-order valence-electron chi connectivity index (χ2n) is 5.13. The van der Waals surface area contributed by atoms with E-state index in [0.717, 1.165) is 0 Å². The zero-order valence-electron chi connectivity index (χ0n) is 10.8. The molecule has 0 aromatic heterocycles. The van der Waals surface area contributed by atoms with E-state index in [1.807, 2.05) is 0 Å². The maximum Gasteiger partial charge on any atom is 0.326 e. The molecule has 2 fully saturated rings. The van der Waals surface area contributed by atoms with Crippen LogP contribution in [-0.4, -0.2) is 76.6 Å². The number of thioether (sulfide) groups is 1. The molecule has 2 aliphatic heterocycles. The highest BCUT2D eigenvalue weighted by Crippen LogP contribution is 2.26. The van der Waals surface area contributed by atoms with Gasteiger partial charge in [-0.05, 0) is 6.42 Å². The van der Waals surface area contributed by atoms with Gasteiger partial charge in [0.25, 0.3) is 0 Å². The molecule has 3 unspecified atom stereocenters. The van der Waals surface area contributed by atoms with Gasteiger partial charge in [0.15, 0.2) is 9.84 Å². The van der Waals surface area contributed by atoms with E-state index >= 15 is 0 Å². The zero-order valence-corrected chi connectivity index (χ0v) is 12.4. The van der Waals surface area contributed by atoms with Gasteiger partial charge in [-0.15, -0.1) is 11.8 Å². The Balaban J connectivity index is 1.87. The van der Waals surface area contributed by atoms with Gasteiger partial charge in [0.1, 0.15) is 6.04 Å². The Hall–Kier alpha value is -0.800. The van der Waals surface area contributed by atoms with Crippen LogP contribution in [0.25, 0.3) is 0 Å².